The minimum Gasteiger partial charge on any atom is -0.228 e. The van der Waals surface area contributed by atoms with Crippen LogP contribution in [0, 0.1) is 0 Å². The number of halogens is 1. The first-order valence-corrected chi connectivity index (χ1v) is 13.0. The van der Waals surface area contributed by atoms with E-state index in [9.17, 15) is 16.8 Å². The van der Waals surface area contributed by atoms with Gasteiger partial charge in [-0.25, -0.2) is 16.8 Å². The molecule has 0 radical (unpaired) electrons. The summed E-state index contributed by atoms with van der Waals surface area (Å²) in [7, 11) is -7.31. The van der Waals surface area contributed by atoms with Crippen molar-refractivity contribution in [2.75, 3.05) is 18.8 Å². The van der Waals surface area contributed by atoms with Gasteiger partial charge in [0.1, 0.15) is 0 Å². The summed E-state index contributed by atoms with van der Waals surface area (Å²) in [6, 6.07) is 13.7. The molecule has 1 saturated heterocycles. The third-order valence-electron chi connectivity index (χ3n) is 5.31. The van der Waals surface area contributed by atoms with Gasteiger partial charge in [-0.3, -0.25) is 0 Å². The monoisotopic (exact) mass is 455 g/mol. The summed E-state index contributed by atoms with van der Waals surface area (Å²) in [5.41, 5.74) is 1.48. The first-order chi connectivity index (χ1) is 13.4. The van der Waals surface area contributed by atoms with Crippen LogP contribution in [-0.4, -0.2) is 40.0 Å². The Kier molecular flexibility index (Phi) is 6.16. The second kappa shape index (κ2) is 8.02. The fourth-order valence-corrected chi connectivity index (χ4v) is 7.25. The van der Waals surface area contributed by atoms with Crippen LogP contribution in [-0.2, 0) is 25.3 Å². The molecule has 0 N–H and O–H groups in total. The number of sulfonamides is 1. The predicted molar refractivity (Wildman–Crippen MR) is 116 cm³/mol. The Bertz CT molecular complexity index is 1090. The van der Waals surface area contributed by atoms with Crippen molar-refractivity contribution in [1.82, 2.24) is 4.31 Å². The Morgan fingerprint density at radius 2 is 1.62 bits per heavy atom. The van der Waals surface area contributed by atoms with Gasteiger partial charge in [-0.1, -0.05) is 62.7 Å². The Balaban J connectivity index is 1.88. The van der Waals surface area contributed by atoms with Gasteiger partial charge in [0.15, 0.2) is 9.84 Å². The third-order valence-corrected chi connectivity index (χ3v) is 9.67. The van der Waals surface area contributed by atoms with Crippen molar-refractivity contribution in [3.63, 3.8) is 0 Å². The standard InChI is InChI=1S/C21H26ClNO4S2/c1-21(2,3)16-8-10-17(11-9-16)29(26,27)23-13-12-20(28(24,25)15-14-23)18-6-4-5-7-19(18)22/h4-11,20H,12-15H2,1-3H3. The van der Waals surface area contributed by atoms with Gasteiger partial charge in [0.2, 0.25) is 10.0 Å². The molecule has 2 aromatic rings. The van der Waals surface area contributed by atoms with E-state index in [-0.39, 0.29) is 35.6 Å². The van der Waals surface area contributed by atoms with Crippen molar-refractivity contribution in [3.8, 4) is 0 Å². The van der Waals surface area contributed by atoms with Crippen molar-refractivity contribution in [1.29, 1.82) is 0 Å². The topological polar surface area (TPSA) is 71.5 Å². The van der Waals surface area contributed by atoms with Crippen molar-refractivity contribution in [2.24, 2.45) is 0 Å². The highest BCUT2D eigenvalue weighted by molar-refractivity contribution is 7.92. The molecule has 8 heteroatoms. The first kappa shape index (κ1) is 22.3. The Morgan fingerprint density at radius 1 is 1.00 bits per heavy atom. The maximum Gasteiger partial charge on any atom is 0.243 e. The molecule has 0 bridgehead atoms. The highest BCUT2D eigenvalue weighted by Crippen LogP contribution is 2.35. The first-order valence-electron chi connectivity index (χ1n) is 9.49. The van der Waals surface area contributed by atoms with Gasteiger partial charge < -0.3 is 0 Å². The van der Waals surface area contributed by atoms with Crippen LogP contribution in [0.3, 0.4) is 0 Å². The number of sulfone groups is 1. The summed E-state index contributed by atoms with van der Waals surface area (Å²) < 4.78 is 53.2. The molecule has 158 valence electrons. The van der Waals surface area contributed by atoms with Gasteiger partial charge in [0.25, 0.3) is 0 Å². The molecule has 1 aliphatic rings. The molecular weight excluding hydrogens is 430 g/mol. The zero-order valence-electron chi connectivity index (χ0n) is 16.8. The lowest BCUT2D eigenvalue weighted by atomic mass is 9.87. The molecule has 0 aliphatic carbocycles. The van der Waals surface area contributed by atoms with Gasteiger partial charge in [0.05, 0.1) is 15.9 Å². The lowest BCUT2D eigenvalue weighted by Crippen LogP contribution is -2.33. The largest absolute Gasteiger partial charge is 0.243 e. The maximum atomic E-state index is 13.1. The third kappa shape index (κ3) is 4.68. The Morgan fingerprint density at radius 3 is 2.21 bits per heavy atom. The number of hydrogen-bond acceptors (Lipinski definition) is 4. The minimum atomic E-state index is -3.78. The molecule has 1 atom stereocenters. The second-order valence-electron chi connectivity index (χ2n) is 8.34. The normalized spacial score (nSPS) is 20.9. The van der Waals surface area contributed by atoms with Crippen LogP contribution in [0.25, 0.3) is 0 Å². The van der Waals surface area contributed by atoms with Crippen molar-refractivity contribution < 1.29 is 16.8 Å². The molecule has 1 fully saturated rings. The molecule has 1 aliphatic heterocycles. The summed E-state index contributed by atoms with van der Waals surface area (Å²) >= 11 is 6.22. The summed E-state index contributed by atoms with van der Waals surface area (Å²) in [6.07, 6.45) is 0.172. The zero-order valence-corrected chi connectivity index (χ0v) is 19.2. The van der Waals surface area contributed by atoms with Crippen molar-refractivity contribution >= 4 is 31.5 Å². The van der Waals surface area contributed by atoms with Crippen LogP contribution >= 0.6 is 11.6 Å². The number of rotatable bonds is 3. The molecule has 0 spiro atoms. The van der Waals surface area contributed by atoms with E-state index in [1.807, 2.05) is 12.1 Å². The Labute approximate surface area is 178 Å². The fourth-order valence-electron chi connectivity index (χ4n) is 3.53. The van der Waals surface area contributed by atoms with E-state index in [4.69, 9.17) is 11.6 Å². The van der Waals surface area contributed by atoms with E-state index in [1.165, 1.54) is 4.31 Å². The van der Waals surface area contributed by atoms with E-state index in [0.29, 0.717) is 10.6 Å². The molecule has 3 rings (SSSR count). The van der Waals surface area contributed by atoms with Crippen molar-refractivity contribution in [3.05, 3.63) is 64.7 Å². The van der Waals surface area contributed by atoms with E-state index in [2.05, 4.69) is 20.8 Å². The summed E-state index contributed by atoms with van der Waals surface area (Å²) in [6.45, 7) is 6.24. The molecule has 2 aromatic carbocycles. The zero-order chi connectivity index (χ0) is 21.4. The van der Waals surface area contributed by atoms with Gasteiger partial charge in [-0.2, -0.15) is 4.31 Å². The molecule has 0 saturated carbocycles. The highest BCUT2D eigenvalue weighted by Gasteiger charge is 2.36. The maximum absolute atomic E-state index is 13.1. The molecule has 1 unspecified atom stereocenters. The quantitative estimate of drug-likeness (QED) is 0.695. The summed E-state index contributed by atoms with van der Waals surface area (Å²) in [5.74, 6) is -0.234. The number of nitrogens with zero attached hydrogens (tertiary/aromatic N) is 1. The fraction of sp³-hybridized carbons (Fsp3) is 0.429. The van der Waals surface area contributed by atoms with Gasteiger partial charge in [-0.05, 0) is 41.2 Å². The van der Waals surface area contributed by atoms with Gasteiger partial charge in [0, 0.05) is 18.1 Å². The average molecular weight is 456 g/mol. The Hall–Kier alpha value is -1.41. The minimum absolute atomic E-state index is 0.0629. The smallest absolute Gasteiger partial charge is 0.228 e. The highest BCUT2D eigenvalue weighted by atomic mass is 35.5. The van der Waals surface area contributed by atoms with Crippen molar-refractivity contribution in [2.45, 2.75) is 42.8 Å². The van der Waals surface area contributed by atoms with E-state index in [0.717, 1.165) is 5.56 Å². The molecule has 1 heterocycles. The molecule has 0 aromatic heterocycles. The average Bonchev–Trinajstić information content (AvgIpc) is 2.80. The van der Waals surface area contributed by atoms with Crippen LogP contribution in [0.5, 0.6) is 0 Å². The van der Waals surface area contributed by atoms with Crippen LogP contribution in [0.4, 0.5) is 0 Å². The lowest BCUT2D eigenvalue weighted by molar-refractivity contribution is 0.428. The molecule has 5 nitrogen and oxygen atoms in total. The van der Waals surface area contributed by atoms with Gasteiger partial charge in [-0.15, -0.1) is 0 Å². The van der Waals surface area contributed by atoms with E-state index < -0.39 is 25.1 Å². The van der Waals surface area contributed by atoms with E-state index in [1.54, 1.807) is 36.4 Å². The van der Waals surface area contributed by atoms with E-state index >= 15 is 0 Å². The molecular formula is C21H26ClNO4S2. The summed E-state index contributed by atoms with van der Waals surface area (Å²) in [4.78, 5) is 0.180. The van der Waals surface area contributed by atoms with Crippen LogP contribution in [0.1, 0.15) is 43.6 Å². The SMILES string of the molecule is CC(C)(C)c1ccc(S(=O)(=O)N2CCC(c3ccccc3Cl)S(=O)(=O)CC2)cc1. The van der Waals surface area contributed by atoms with Crippen LogP contribution in [0.2, 0.25) is 5.02 Å². The van der Waals surface area contributed by atoms with Crippen LogP contribution < -0.4 is 0 Å². The molecule has 0 amide bonds. The number of benzene rings is 2. The van der Waals surface area contributed by atoms with Crippen LogP contribution in [0.15, 0.2) is 53.4 Å². The second-order valence-corrected chi connectivity index (χ2v) is 13.0. The predicted octanol–water partition coefficient (Wildman–Crippen LogP) is 4.19. The number of hydrogen-bond donors (Lipinski definition) is 0. The lowest BCUT2D eigenvalue weighted by Gasteiger charge is -2.22. The summed E-state index contributed by atoms with van der Waals surface area (Å²) in [5, 5.41) is -0.421. The molecule has 29 heavy (non-hydrogen) atoms. The van der Waals surface area contributed by atoms with Gasteiger partial charge >= 0.3 is 0 Å².